The minimum absolute atomic E-state index is 0.718. The Hall–Kier alpha value is -0.620. The lowest BCUT2D eigenvalue weighted by Gasteiger charge is -2.02. The monoisotopic (exact) mass is 346 g/mol. The van der Waals surface area contributed by atoms with Crippen LogP contribution in [0, 0.1) is 0 Å². The molecule has 0 N–H and O–H groups in total. The molecule has 6 heteroatoms. The molecular formula is C10H12Br2N4. The summed E-state index contributed by atoms with van der Waals surface area (Å²) < 4.78 is 5.86. The first kappa shape index (κ1) is 11.9. The first-order valence-corrected chi connectivity index (χ1v) is 6.58. The van der Waals surface area contributed by atoms with Gasteiger partial charge in [-0.25, -0.2) is 0 Å². The minimum atomic E-state index is 0.718. The Kier molecular flexibility index (Phi) is 3.49. The molecular weight excluding hydrogens is 336 g/mol. The molecule has 4 nitrogen and oxygen atoms in total. The summed E-state index contributed by atoms with van der Waals surface area (Å²) in [6.45, 7) is 2.82. The third-order valence-corrected chi connectivity index (χ3v) is 3.74. The number of rotatable bonds is 3. The van der Waals surface area contributed by atoms with Gasteiger partial charge in [0.2, 0.25) is 0 Å². The summed E-state index contributed by atoms with van der Waals surface area (Å²) in [4.78, 5) is 0. The second-order valence-electron chi connectivity index (χ2n) is 3.54. The first-order valence-electron chi connectivity index (χ1n) is 5.00. The highest BCUT2D eigenvalue weighted by atomic mass is 79.9. The molecule has 0 spiro atoms. The summed E-state index contributed by atoms with van der Waals surface area (Å²) >= 11 is 6.97. The summed E-state index contributed by atoms with van der Waals surface area (Å²) in [6.07, 6.45) is 4.66. The molecule has 2 aromatic rings. The quantitative estimate of drug-likeness (QED) is 0.855. The second kappa shape index (κ2) is 4.71. The fourth-order valence-electron chi connectivity index (χ4n) is 1.57. The number of halogens is 2. The van der Waals surface area contributed by atoms with E-state index < -0.39 is 0 Å². The van der Waals surface area contributed by atoms with Crippen molar-refractivity contribution in [1.29, 1.82) is 0 Å². The lowest BCUT2D eigenvalue weighted by atomic mass is 10.3. The molecule has 0 aliphatic heterocycles. The van der Waals surface area contributed by atoms with Crippen LogP contribution in [0.25, 0.3) is 0 Å². The highest BCUT2D eigenvalue weighted by molar-refractivity contribution is 9.10. The predicted octanol–water partition coefficient (Wildman–Crippen LogP) is 2.75. The van der Waals surface area contributed by atoms with Gasteiger partial charge in [-0.15, -0.1) is 0 Å². The van der Waals surface area contributed by atoms with Crippen LogP contribution < -0.4 is 0 Å². The standard InChI is InChI=1S/C10H12Br2N4/c1-3-8-10(12)9(15(2)14-8)6-16-5-7(11)4-13-16/h4-5H,3,6H2,1-2H3. The average molecular weight is 348 g/mol. The van der Waals surface area contributed by atoms with Gasteiger partial charge in [-0.3, -0.25) is 9.36 Å². The molecule has 0 fully saturated rings. The Morgan fingerprint density at radius 2 is 2.12 bits per heavy atom. The summed E-state index contributed by atoms with van der Waals surface area (Å²) in [6, 6.07) is 0. The van der Waals surface area contributed by atoms with Crippen molar-refractivity contribution < 1.29 is 0 Å². The van der Waals surface area contributed by atoms with E-state index in [9.17, 15) is 0 Å². The maximum Gasteiger partial charge on any atom is 0.0840 e. The average Bonchev–Trinajstić information content (AvgIpc) is 2.77. The molecule has 0 aliphatic rings. The van der Waals surface area contributed by atoms with E-state index >= 15 is 0 Å². The van der Waals surface area contributed by atoms with Crippen LogP contribution in [0.1, 0.15) is 18.3 Å². The smallest absolute Gasteiger partial charge is 0.0840 e. The maximum atomic E-state index is 4.45. The van der Waals surface area contributed by atoms with Crippen molar-refractivity contribution in [2.75, 3.05) is 0 Å². The van der Waals surface area contributed by atoms with E-state index in [1.807, 2.05) is 22.6 Å². The number of nitrogens with zero attached hydrogens (tertiary/aromatic N) is 4. The van der Waals surface area contributed by atoms with Crippen LogP contribution in [0.3, 0.4) is 0 Å². The van der Waals surface area contributed by atoms with Gasteiger partial charge in [0.25, 0.3) is 0 Å². The van der Waals surface area contributed by atoms with Gasteiger partial charge >= 0.3 is 0 Å². The molecule has 2 heterocycles. The van der Waals surface area contributed by atoms with Crippen LogP contribution in [0.15, 0.2) is 21.3 Å². The normalized spacial score (nSPS) is 11.0. The highest BCUT2D eigenvalue weighted by Gasteiger charge is 2.12. The fraction of sp³-hybridized carbons (Fsp3) is 0.400. The van der Waals surface area contributed by atoms with Crippen molar-refractivity contribution >= 4 is 31.9 Å². The molecule has 86 valence electrons. The van der Waals surface area contributed by atoms with Gasteiger partial charge in [0.1, 0.15) is 0 Å². The van der Waals surface area contributed by atoms with Crippen LogP contribution in [0.2, 0.25) is 0 Å². The van der Waals surface area contributed by atoms with Crippen molar-refractivity contribution in [3.05, 3.63) is 32.7 Å². The zero-order chi connectivity index (χ0) is 11.7. The maximum absolute atomic E-state index is 4.45. The topological polar surface area (TPSA) is 35.6 Å². The Morgan fingerprint density at radius 1 is 1.38 bits per heavy atom. The Balaban J connectivity index is 2.30. The van der Waals surface area contributed by atoms with E-state index in [4.69, 9.17) is 0 Å². The summed E-state index contributed by atoms with van der Waals surface area (Å²) in [5.41, 5.74) is 2.22. The van der Waals surface area contributed by atoms with Gasteiger partial charge in [-0.1, -0.05) is 6.92 Å². The van der Waals surface area contributed by atoms with E-state index in [2.05, 4.69) is 49.0 Å². The summed E-state index contributed by atoms with van der Waals surface area (Å²) in [5, 5.41) is 8.68. The molecule has 0 atom stereocenters. The zero-order valence-corrected chi connectivity index (χ0v) is 12.3. The third-order valence-electron chi connectivity index (χ3n) is 2.42. The van der Waals surface area contributed by atoms with E-state index in [-0.39, 0.29) is 0 Å². The Morgan fingerprint density at radius 3 is 2.62 bits per heavy atom. The summed E-state index contributed by atoms with van der Waals surface area (Å²) in [5.74, 6) is 0. The van der Waals surface area contributed by atoms with Gasteiger partial charge in [-0.2, -0.15) is 10.2 Å². The lowest BCUT2D eigenvalue weighted by molar-refractivity contribution is 0.616. The Labute approximate surface area is 111 Å². The number of aryl methyl sites for hydroxylation is 2. The molecule has 0 bridgehead atoms. The van der Waals surface area contributed by atoms with E-state index in [1.165, 1.54) is 0 Å². The molecule has 2 aromatic heterocycles. The van der Waals surface area contributed by atoms with E-state index in [0.717, 1.165) is 33.3 Å². The summed E-state index contributed by atoms with van der Waals surface area (Å²) in [7, 11) is 1.96. The predicted molar refractivity (Wildman–Crippen MR) is 69.3 cm³/mol. The molecule has 0 saturated carbocycles. The molecule has 0 saturated heterocycles. The second-order valence-corrected chi connectivity index (χ2v) is 5.25. The van der Waals surface area contributed by atoms with Crippen LogP contribution in [0.4, 0.5) is 0 Å². The number of aromatic nitrogens is 4. The van der Waals surface area contributed by atoms with Crippen LogP contribution >= 0.6 is 31.9 Å². The molecule has 0 radical (unpaired) electrons. The van der Waals surface area contributed by atoms with Crippen molar-refractivity contribution in [2.45, 2.75) is 19.9 Å². The van der Waals surface area contributed by atoms with E-state index in [0.29, 0.717) is 0 Å². The van der Waals surface area contributed by atoms with Crippen LogP contribution in [0.5, 0.6) is 0 Å². The van der Waals surface area contributed by atoms with Crippen molar-refractivity contribution in [3.63, 3.8) is 0 Å². The van der Waals surface area contributed by atoms with Gasteiger partial charge < -0.3 is 0 Å². The molecule has 0 amide bonds. The van der Waals surface area contributed by atoms with E-state index in [1.54, 1.807) is 6.20 Å². The molecule has 0 aromatic carbocycles. The fourth-order valence-corrected chi connectivity index (χ4v) is 2.64. The van der Waals surface area contributed by atoms with Gasteiger partial charge in [-0.05, 0) is 38.3 Å². The van der Waals surface area contributed by atoms with Crippen LogP contribution in [-0.2, 0) is 20.0 Å². The largest absolute Gasteiger partial charge is 0.269 e. The van der Waals surface area contributed by atoms with Crippen molar-refractivity contribution in [2.24, 2.45) is 7.05 Å². The first-order chi connectivity index (χ1) is 7.61. The number of hydrogen-bond donors (Lipinski definition) is 0. The number of hydrogen-bond acceptors (Lipinski definition) is 2. The highest BCUT2D eigenvalue weighted by Crippen LogP contribution is 2.22. The lowest BCUT2D eigenvalue weighted by Crippen LogP contribution is -2.06. The molecule has 0 unspecified atom stereocenters. The molecule has 2 rings (SSSR count). The van der Waals surface area contributed by atoms with Crippen molar-refractivity contribution in [3.8, 4) is 0 Å². The van der Waals surface area contributed by atoms with Gasteiger partial charge in [0.15, 0.2) is 0 Å². The van der Waals surface area contributed by atoms with Gasteiger partial charge in [0, 0.05) is 13.2 Å². The minimum Gasteiger partial charge on any atom is -0.269 e. The van der Waals surface area contributed by atoms with Gasteiger partial charge in [0.05, 0.1) is 33.1 Å². The van der Waals surface area contributed by atoms with Crippen LogP contribution in [-0.4, -0.2) is 19.6 Å². The molecule has 16 heavy (non-hydrogen) atoms. The SMILES string of the molecule is CCc1nn(C)c(Cn2cc(Br)cn2)c1Br. The third kappa shape index (κ3) is 2.22. The molecule has 0 aliphatic carbocycles. The zero-order valence-electron chi connectivity index (χ0n) is 9.11. The Bertz CT molecular complexity index is 501. The van der Waals surface area contributed by atoms with Crippen molar-refractivity contribution in [1.82, 2.24) is 19.6 Å².